The van der Waals surface area contributed by atoms with Gasteiger partial charge in [-0.2, -0.15) is 0 Å². The van der Waals surface area contributed by atoms with Crippen molar-refractivity contribution < 1.29 is 19.4 Å². The molecule has 0 spiro atoms. The largest absolute Gasteiger partial charge is 0.481 e. The van der Waals surface area contributed by atoms with Crippen LogP contribution in [0.25, 0.3) is 0 Å². The molecule has 1 saturated heterocycles. The number of carbonyl (C=O) groups excluding carboxylic acids is 1. The van der Waals surface area contributed by atoms with Gasteiger partial charge in [-0.15, -0.1) is 0 Å². The van der Waals surface area contributed by atoms with Gasteiger partial charge in [-0.3, -0.25) is 4.79 Å². The van der Waals surface area contributed by atoms with Crippen LogP contribution in [0.15, 0.2) is 0 Å². The molecule has 1 fully saturated rings. The summed E-state index contributed by atoms with van der Waals surface area (Å²) in [4.78, 5) is 24.3. The quantitative estimate of drug-likeness (QED) is 0.768. The maximum Gasteiger partial charge on any atom is 0.317 e. The van der Waals surface area contributed by atoms with Gasteiger partial charge in [0.2, 0.25) is 0 Å². The summed E-state index contributed by atoms with van der Waals surface area (Å²) in [7, 11) is 0. The lowest BCUT2D eigenvalue weighted by atomic mass is 10.1. The Labute approximate surface area is 107 Å². The molecule has 18 heavy (non-hydrogen) atoms. The normalized spacial score (nSPS) is 24.6. The summed E-state index contributed by atoms with van der Waals surface area (Å²) in [5.74, 6) is -1.45. The minimum atomic E-state index is -0.890. The predicted molar refractivity (Wildman–Crippen MR) is 66.4 cm³/mol. The third-order valence-electron chi connectivity index (χ3n) is 3.27. The molecule has 104 valence electrons. The van der Waals surface area contributed by atoms with Crippen molar-refractivity contribution in [2.45, 2.75) is 39.3 Å². The lowest BCUT2D eigenvalue weighted by Crippen LogP contribution is -2.48. The van der Waals surface area contributed by atoms with E-state index < -0.39 is 11.9 Å². The lowest BCUT2D eigenvalue weighted by Gasteiger charge is -2.26. The molecule has 6 nitrogen and oxygen atoms in total. The van der Waals surface area contributed by atoms with Crippen LogP contribution in [-0.2, 0) is 9.53 Å². The van der Waals surface area contributed by atoms with Gasteiger partial charge in [0.05, 0.1) is 18.1 Å². The molecule has 1 aliphatic rings. The maximum atomic E-state index is 12.0. The number of ether oxygens (including phenoxy) is 1. The van der Waals surface area contributed by atoms with Gasteiger partial charge in [-0.1, -0.05) is 6.92 Å². The summed E-state index contributed by atoms with van der Waals surface area (Å²) in [6.07, 6.45) is 0.823. The van der Waals surface area contributed by atoms with Crippen molar-refractivity contribution in [3.63, 3.8) is 0 Å². The predicted octanol–water partition coefficient (Wildman–Crippen LogP) is 0.916. The van der Waals surface area contributed by atoms with E-state index in [0.29, 0.717) is 13.2 Å². The first-order chi connectivity index (χ1) is 8.45. The Kier molecular flexibility index (Phi) is 5.40. The van der Waals surface area contributed by atoms with E-state index >= 15 is 0 Å². The first kappa shape index (κ1) is 14.8. The SMILES string of the molecule is CCN(CC(C)C(=O)O)C(=O)NC1CCOC1C. The van der Waals surface area contributed by atoms with Crippen molar-refractivity contribution in [1.82, 2.24) is 10.2 Å². The van der Waals surface area contributed by atoms with Gasteiger partial charge < -0.3 is 20.1 Å². The third-order valence-corrected chi connectivity index (χ3v) is 3.27. The zero-order valence-electron chi connectivity index (χ0n) is 11.2. The minimum absolute atomic E-state index is 0.0181. The van der Waals surface area contributed by atoms with Crippen molar-refractivity contribution in [1.29, 1.82) is 0 Å². The Hall–Kier alpha value is -1.30. The topological polar surface area (TPSA) is 78.9 Å². The van der Waals surface area contributed by atoms with Gasteiger partial charge in [-0.25, -0.2) is 4.79 Å². The van der Waals surface area contributed by atoms with E-state index in [1.54, 1.807) is 6.92 Å². The highest BCUT2D eigenvalue weighted by molar-refractivity contribution is 5.76. The Morgan fingerprint density at radius 2 is 2.22 bits per heavy atom. The molecule has 3 unspecified atom stereocenters. The molecule has 1 rings (SSSR count). The number of aliphatic carboxylic acids is 1. The van der Waals surface area contributed by atoms with E-state index in [9.17, 15) is 9.59 Å². The average molecular weight is 258 g/mol. The van der Waals surface area contributed by atoms with Crippen molar-refractivity contribution in [3.8, 4) is 0 Å². The molecule has 6 heteroatoms. The summed E-state index contributed by atoms with van der Waals surface area (Å²) in [5, 5.41) is 11.7. The summed E-state index contributed by atoms with van der Waals surface area (Å²) in [5.41, 5.74) is 0. The number of carboxylic acid groups (broad SMARTS) is 1. The van der Waals surface area contributed by atoms with Crippen LogP contribution in [0.3, 0.4) is 0 Å². The average Bonchev–Trinajstić information content (AvgIpc) is 2.71. The molecule has 0 aliphatic carbocycles. The van der Waals surface area contributed by atoms with Gasteiger partial charge >= 0.3 is 12.0 Å². The number of rotatable bonds is 5. The van der Waals surface area contributed by atoms with Crippen LogP contribution in [0.5, 0.6) is 0 Å². The molecule has 0 aromatic carbocycles. The van der Waals surface area contributed by atoms with Gasteiger partial charge in [-0.05, 0) is 20.3 Å². The van der Waals surface area contributed by atoms with Gasteiger partial charge in [0.15, 0.2) is 0 Å². The molecule has 0 radical (unpaired) electrons. The van der Waals surface area contributed by atoms with Crippen LogP contribution in [0.4, 0.5) is 4.79 Å². The van der Waals surface area contributed by atoms with Gasteiger partial charge in [0.1, 0.15) is 0 Å². The highest BCUT2D eigenvalue weighted by Crippen LogP contribution is 2.13. The minimum Gasteiger partial charge on any atom is -0.481 e. The Morgan fingerprint density at radius 3 is 2.67 bits per heavy atom. The zero-order chi connectivity index (χ0) is 13.7. The van der Waals surface area contributed by atoms with Crippen LogP contribution in [0.2, 0.25) is 0 Å². The highest BCUT2D eigenvalue weighted by atomic mass is 16.5. The van der Waals surface area contributed by atoms with E-state index in [-0.39, 0.29) is 24.7 Å². The number of nitrogens with one attached hydrogen (secondary N) is 1. The third kappa shape index (κ3) is 3.87. The molecule has 0 bridgehead atoms. The number of hydrogen-bond donors (Lipinski definition) is 2. The molecule has 2 amide bonds. The fourth-order valence-corrected chi connectivity index (χ4v) is 1.94. The first-order valence-corrected chi connectivity index (χ1v) is 6.35. The number of carboxylic acids is 1. The molecule has 1 aliphatic heterocycles. The zero-order valence-corrected chi connectivity index (χ0v) is 11.2. The summed E-state index contributed by atoms with van der Waals surface area (Å²) in [6, 6.07) is -0.195. The van der Waals surface area contributed by atoms with Crippen molar-refractivity contribution >= 4 is 12.0 Å². The summed E-state index contributed by atoms with van der Waals surface area (Å²) in [6.45, 7) is 6.73. The van der Waals surface area contributed by atoms with Crippen LogP contribution in [0.1, 0.15) is 27.2 Å². The van der Waals surface area contributed by atoms with Crippen LogP contribution < -0.4 is 5.32 Å². The molecule has 3 atom stereocenters. The monoisotopic (exact) mass is 258 g/mol. The first-order valence-electron chi connectivity index (χ1n) is 6.35. The van der Waals surface area contributed by atoms with E-state index in [1.165, 1.54) is 4.90 Å². The number of amides is 2. The van der Waals surface area contributed by atoms with Crippen molar-refractivity contribution in [2.24, 2.45) is 5.92 Å². The second kappa shape index (κ2) is 6.58. The van der Waals surface area contributed by atoms with Crippen LogP contribution in [0, 0.1) is 5.92 Å². The highest BCUT2D eigenvalue weighted by Gasteiger charge is 2.28. The van der Waals surface area contributed by atoms with Gasteiger partial charge in [0.25, 0.3) is 0 Å². The smallest absolute Gasteiger partial charge is 0.317 e. The standard InChI is InChI=1S/C12H22N2O4/c1-4-14(7-8(2)11(15)16)12(17)13-10-5-6-18-9(10)3/h8-10H,4-7H2,1-3H3,(H,13,17)(H,15,16). The van der Waals surface area contributed by atoms with Crippen LogP contribution in [-0.4, -0.2) is 53.8 Å². The second-order valence-corrected chi connectivity index (χ2v) is 4.70. The van der Waals surface area contributed by atoms with Gasteiger partial charge in [0, 0.05) is 19.7 Å². The molecule has 0 aromatic heterocycles. The van der Waals surface area contributed by atoms with Crippen molar-refractivity contribution in [2.75, 3.05) is 19.7 Å². The molecular weight excluding hydrogens is 236 g/mol. The van der Waals surface area contributed by atoms with E-state index in [0.717, 1.165) is 6.42 Å². The van der Waals surface area contributed by atoms with Crippen molar-refractivity contribution in [3.05, 3.63) is 0 Å². The Bertz CT molecular complexity index is 308. The van der Waals surface area contributed by atoms with Crippen LogP contribution >= 0.6 is 0 Å². The second-order valence-electron chi connectivity index (χ2n) is 4.70. The maximum absolute atomic E-state index is 12.0. The fourth-order valence-electron chi connectivity index (χ4n) is 1.94. The number of hydrogen-bond acceptors (Lipinski definition) is 3. The summed E-state index contributed by atoms with van der Waals surface area (Å²) < 4.78 is 5.37. The van der Waals surface area contributed by atoms with E-state index in [2.05, 4.69) is 5.32 Å². The molecule has 1 heterocycles. The molecular formula is C12H22N2O4. The Balaban J connectivity index is 2.48. The van der Waals surface area contributed by atoms with E-state index in [1.807, 2.05) is 13.8 Å². The molecule has 0 aromatic rings. The lowest BCUT2D eigenvalue weighted by molar-refractivity contribution is -0.141. The fraction of sp³-hybridized carbons (Fsp3) is 0.833. The Morgan fingerprint density at radius 1 is 1.56 bits per heavy atom. The summed E-state index contributed by atoms with van der Waals surface area (Å²) >= 11 is 0. The molecule has 0 saturated carbocycles. The van der Waals surface area contributed by atoms with E-state index in [4.69, 9.17) is 9.84 Å². The number of urea groups is 1. The number of nitrogens with zero attached hydrogens (tertiary/aromatic N) is 1. The molecule has 2 N–H and O–H groups in total. The number of carbonyl (C=O) groups is 2.